The largest absolute Gasteiger partial charge is 0.573 e. The molecule has 1 amide bonds. The number of benzene rings is 1. The maximum atomic E-state index is 12.2. The van der Waals surface area contributed by atoms with Crippen molar-refractivity contribution in [3.8, 4) is 5.75 Å². The Balaban J connectivity index is 2.16. The molecule has 1 aliphatic rings. The number of amides is 1. The van der Waals surface area contributed by atoms with Gasteiger partial charge in [-0.25, -0.2) is 0 Å². The smallest absolute Gasteiger partial charge is 0.406 e. The first kappa shape index (κ1) is 16.7. The Morgan fingerprint density at radius 2 is 2.09 bits per heavy atom. The predicted molar refractivity (Wildman–Crippen MR) is 76.9 cm³/mol. The van der Waals surface area contributed by atoms with Crippen LogP contribution in [0.5, 0.6) is 5.75 Å². The zero-order valence-corrected chi connectivity index (χ0v) is 12.8. The first-order valence-corrected chi connectivity index (χ1v) is 7.37. The molecule has 0 aliphatic carbocycles. The number of hydrogen-bond donors (Lipinski definition) is 0. The Morgan fingerprint density at radius 1 is 1.41 bits per heavy atom. The number of carbonyl (C=O) groups is 2. The van der Waals surface area contributed by atoms with Crippen molar-refractivity contribution < 1.29 is 27.5 Å². The highest BCUT2D eigenvalue weighted by Crippen LogP contribution is 2.33. The van der Waals surface area contributed by atoms with Crippen LogP contribution in [0.25, 0.3) is 0 Å². The van der Waals surface area contributed by atoms with Crippen molar-refractivity contribution in [3.05, 3.63) is 23.8 Å². The van der Waals surface area contributed by atoms with Gasteiger partial charge in [-0.1, -0.05) is 11.8 Å². The third kappa shape index (κ3) is 4.16. The normalized spacial score (nSPS) is 18.7. The third-order valence-corrected chi connectivity index (χ3v) is 4.10. The van der Waals surface area contributed by atoms with Gasteiger partial charge in [0.05, 0.1) is 0 Å². The van der Waals surface area contributed by atoms with Crippen molar-refractivity contribution in [2.45, 2.75) is 31.9 Å². The number of hydrogen-bond acceptors (Lipinski definition) is 4. The molecule has 1 aliphatic heterocycles. The average molecular weight is 333 g/mol. The number of ether oxygens (including phenoxy) is 1. The van der Waals surface area contributed by atoms with E-state index in [2.05, 4.69) is 4.74 Å². The third-order valence-electron chi connectivity index (χ3n) is 3.11. The quantitative estimate of drug-likeness (QED) is 0.852. The molecular weight excluding hydrogens is 319 g/mol. The van der Waals surface area contributed by atoms with Gasteiger partial charge in [0, 0.05) is 30.8 Å². The molecule has 8 heteroatoms. The van der Waals surface area contributed by atoms with E-state index in [9.17, 15) is 22.8 Å². The summed E-state index contributed by atoms with van der Waals surface area (Å²) in [5.74, 6) is -0.471. The fraction of sp³-hybridized carbons (Fsp3) is 0.429. The van der Waals surface area contributed by atoms with E-state index in [1.807, 2.05) is 0 Å². The van der Waals surface area contributed by atoms with E-state index >= 15 is 0 Å². The molecule has 120 valence electrons. The fourth-order valence-electron chi connectivity index (χ4n) is 2.35. The van der Waals surface area contributed by atoms with Gasteiger partial charge in [0.1, 0.15) is 5.75 Å². The van der Waals surface area contributed by atoms with Crippen molar-refractivity contribution in [1.82, 2.24) is 0 Å². The molecule has 0 bridgehead atoms. The van der Waals surface area contributed by atoms with Gasteiger partial charge in [-0.05, 0) is 30.7 Å². The number of nitrogens with zero attached hydrogens (tertiary/aromatic N) is 1. The van der Waals surface area contributed by atoms with Gasteiger partial charge in [0.15, 0.2) is 5.12 Å². The summed E-state index contributed by atoms with van der Waals surface area (Å²) in [6.07, 6.45) is -4.51. The summed E-state index contributed by atoms with van der Waals surface area (Å²) in [7, 11) is 0. The average Bonchev–Trinajstić information content (AvgIpc) is 2.67. The summed E-state index contributed by atoms with van der Waals surface area (Å²) >= 11 is 1.11. The van der Waals surface area contributed by atoms with E-state index in [0.717, 1.165) is 11.8 Å². The maximum Gasteiger partial charge on any atom is 0.573 e. The lowest BCUT2D eigenvalue weighted by Crippen LogP contribution is -2.26. The summed E-state index contributed by atoms with van der Waals surface area (Å²) in [5, 5.41) is -0.194. The van der Waals surface area contributed by atoms with Crippen LogP contribution < -0.4 is 9.64 Å². The van der Waals surface area contributed by atoms with Crippen LogP contribution in [0, 0.1) is 6.92 Å². The molecular formula is C14H14F3NO3S. The molecule has 1 aromatic rings. The molecule has 1 fully saturated rings. The molecule has 4 nitrogen and oxygen atoms in total. The number of halogens is 3. The van der Waals surface area contributed by atoms with Crippen LogP contribution in [-0.4, -0.2) is 29.2 Å². The van der Waals surface area contributed by atoms with Crippen LogP contribution in [0.15, 0.2) is 18.2 Å². The van der Waals surface area contributed by atoms with Gasteiger partial charge < -0.3 is 9.64 Å². The van der Waals surface area contributed by atoms with Gasteiger partial charge in [0.2, 0.25) is 5.91 Å². The van der Waals surface area contributed by atoms with Crippen LogP contribution in [0.3, 0.4) is 0 Å². The van der Waals surface area contributed by atoms with Crippen LogP contribution in [0.4, 0.5) is 18.9 Å². The Bertz CT molecular complexity index is 603. The highest BCUT2D eigenvalue weighted by Gasteiger charge is 2.34. The molecule has 1 aromatic carbocycles. The standard InChI is InChI=1S/C14H14F3NO3S/c1-8-5-10(21-14(15,16)17)3-4-12(8)18-7-11(6-13(18)20)22-9(2)19/h3-5,11H,6-7H2,1-2H3. The van der Waals surface area contributed by atoms with Gasteiger partial charge in [-0.15, -0.1) is 13.2 Å². The first-order valence-electron chi connectivity index (χ1n) is 6.49. The first-order chi connectivity index (χ1) is 10.2. The Kier molecular flexibility index (Phi) is 4.69. The second kappa shape index (κ2) is 6.20. The summed E-state index contributed by atoms with van der Waals surface area (Å²) < 4.78 is 40.4. The zero-order valence-electron chi connectivity index (χ0n) is 11.9. The molecule has 2 rings (SSSR count). The van der Waals surface area contributed by atoms with Crippen molar-refractivity contribution in [1.29, 1.82) is 0 Å². The summed E-state index contributed by atoms with van der Waals surface area (Å²) in [5.41, 5.74) is 1.04. The topological polar surface area (TPSA) is 46.6 Å². The van der Waals surface area contributed by atoms with Crippen molar-refractivity contribution in [2.24, 2.45) is 0 Å². The molecule has 0 N–H and O–H groups in total. The van der Waals surface area contributed by atoms with Gasteiger partial charge in [-0.3, -0.25) is 9.59 Å². The number of thioether (sulfide) groups is 1. The van der Waals surface area contributed by atoms with Crippen molar-refractivity contribution in [2.75, 3.05) is 11.4 Å². The highest BCUT2D eigenvalue weighted by molar-refractivity contribution is 8.14. The molecule has 1 saturated heterocycles. The summed E-state index contributed by atoms with van der Waals surface area (Å²) in [6, 6.07) is 3.84. The SMILES string of the molecule is CC(=O)SC1CC(=O)N(c2ccc(OC(F)(F)F)cc2C)C1. The minimum Gasteiger partial charge on any atom is -0.406 e. The number of carbonyl (C=O) groups excluding carboxylic acids is 2. The molecule has 0 radical (unpaired) electrons. The van der Waals surface area contributed by atoms with Crippen LogP contribution in [-0.2, 0) is 9.59 Å². The molecule has 1 atom stereocenters. The second-order valence-electron chi connectivity index (χ2n) is 4.94. The Morgan fingerprint density at radius 3 is 2.64 bits per heavy atom. The lowest BCUT2D eigenvalue weighted by molar-refractivity contribution is -0.274. The molecule has 0 spiro atoms. The molecule has 0 aromatic heterocycles. The monoisotopic (exact) mass is 333 g/mol. The van der Waals surface area contributed by atoms with Crippen LogP contribution in [0.2, 0.25) is 0 Å². The molecule has 1 heterocycles. The van der Waals surface area contributed by atoms with E-state index in [1.165, 1.54) is 30.0 Å². The van der Waals surface area contributed by atoms with Gasteiger partial charge in [0.25, 0.3) is 0 Å². The summed E-state index contributed by atoms with van der Waals surface area (Å²) in [4.78, 5) is 24.6. The minimum absolute atomic E-state index is 0.0645. The van der Waals surface area contributed by atoms with Crippen molar-refractivity contribution in [3.63, 3.8) is 0 Å². The number of aryl methyl sites for hydroxylation is 1. The minimum atomic E-state index is -4.75. The van der Waals surface area contributed by atoms with Gasteiger partial charge >= 0.3 is 6.36 Å². The van der Waals surface area contributed by atoms with Crippen LogP contribution >= 0.6 is 11.8 Å². The van der Waals surface area contributed by atoms with Gasteiger partial charge in [-0.2, -0.15) is 0 Å². The number of alkyl halides is 3. The van der Waals surface area contributed by atoms with E-state index < -0.39 is 6.36 Å². The van der Waals surface area contributed by atoms with Crippen LogP contribution in [0.1, 0.15) is 18.9 Å². The lowest BCUT2D eigenvalue weighted by Gasteiger charge is -2.20. The summed E-state index contributed by atoms with van der Waals surface area (Å²) in [6.45, 7) is 3.41. The Labute approximate surface area is 129 Å². The van der Waals surface area contributed by atoms with E-state index in [1.54, 1.807) is 6.92 Å². The molecule has 1 unspecified atom stereocenters. The number of anilines is 1. The van der Waals surface area contributed by atoms with E-state index in [4.69, 9.17) is 0 Å². The molecule has 0 saturated carbocycles. The fourth-order valence-corrected chi connectivity index (χ4v) is 3.27. The van der Waals surface area contributed by atoms with E-state index in [-0.39, 0.29) is 28.4 Å². The van der Waals surface area contributed by atoms with E-state index in [0.29, 0.717) is 17.8 Å². The Hall–Kier alpha value is -1.70. The zero-order chi connectivity index (χ0) is 16.5. The second-order valence-corrected chi connectivity index (χ2v) is 6.41. The molecule has 22 heavy (non-hydrogen) atoms. The lowest BCUT2D eigenvalue weighted by atomic mass is 10.1. The predicted octanol–water partition coefficient (Wildman–Crippen LogP) is 3.28. The highest BCUT2D eigenvalue weighted by atomic mass is 32.2. The maximum absolute atomic E-state index is 12.2. The van der Waals surface area contributed by atoms with Crippen molar-refractivity contribution >= 4 is 28.5 Å². The number of rotatable bonds is 3.